The maximum atomic E-state index is 12.9. The van der Waals surface area contributed by atoms with E-state index in [2.05, 4.69) is 215 Å². The molecule has 0 spiro atoms. The molecule has 0 aromatic heterocycles. The summed E-state index contributed by atoms with van der Waals surface area (Å²) < 4.78 is 60.8. The molecule has 0 amide bonds. The van der Waals surface area contributed by atoms with Crippen LogP contribution in [0, 0.1) is 0 Å². The van der Waals surface area contributed by atoms with Crippen LogP contribution in [-0.2, 0) is 55.8 Å². The van der Waals surface area contributed by atoms with Gasteiger partial charge in [-0.1, -0.05) is 240 Å². The lowest BCUT2D eigenvalue weighted by molar-refractivity contribution is -0.161. The summed E-state index contributed by atoms with van der Waals surface area (Å²) in [6, 6.07) is 0. The number of ether oxygens (including phenoxy) is 3. The molecule has 0 rings (SSSR count). The Hall–Kier alpha value is -5.87. The third-order valence-electron chi connectivity index (χ3n) is 13.5. The average Bonchev–Trinajstić information content (AvgIpc) is 3.63. The normalized spacial score (nSPS) is 15.3. The zero-order valence-corrected chi connectivity index (χ0v) is 60.7. The summed E-state index contributed by atoms with van der Waals surface area (Å²) >= 11 is 0. The predicted octanol–water partition coefficient (Wildman–Crippen LogP) is 20.2. The lowest BCUT2D eigenvalue weighted by Gasteiger charge is -2.21. The summed E-state index contributed by atoms with van der Waals surface area (Å²) in [6.45, 7) is 2.12. The lowest BCUT2D eigenvalue weighted by Crippen LogP contribution is -2.30. The Balaban J connectivity index is 4.83. The van der Waals surface area contributed by atoms with Gasteiger partial charge in [0.1, 0.15) is 25.4 Å². The van der Waals surface area contributed by atoms with Crippen LogP contribution < -0.4 is 0 Å². The van der Waals surface area contributed by atoms with E-state index < -0.39 is 91.5 Å². The maximum Gasteiger partial charge on any atom is 0.472 e. The van der Waals surface area contributed by atoms with Crippen LogP contribution in [0.2, 0.25) is 0 Å². The van der Waals surface area contributed by atoms with Crippen molar-refractivity contribution in [3.05, 3.63) is 207 Å². The number of aliphatic hydroxyl groups excluding tert-OH is 2. The van der Waals surface area contributed by atoms with Crippen molar-refractivity contribution in [2.45, 2.75) is 232 Å². The van der Waals surface area contributed by atoms with Gasteiger partial charge in [-0.2, -0.15) is 0 Å². The molecular formula is C79H122O16P2. The van der Waals surface area contributed by atoms with Gasteiger partial charge in [0.05, 0.1) is 26.4 Å². The standard InChI is InChI=1S/C79H122O16P2/c1-4-7-10-13-16-19-22-25-28-31-33-35-36-38-40-42-44-47-50-53-56-59-62-65-77(82)89-68-74(80)69-91-96(85,86)92-70-75(81)71-93-97(87,88)94-73-76(95-79(84)67-64-61-58-55-52-49-46-41-30-27-24-21-18-15-12-9-6-3)72-90-78(83)66-63-60-57-54-51-48-45-43-39-37-34-32-29-26-23-20-17-14-11-8-5-2/h7-12,16-21,25-30,33-35,37-38,40,43-47,49,51,54-55,58,74-76,80-81H,4-6,13-15,22-24,31-32,36,39,41-42,48,50,52-53,56-57,59-73H2,1-3H3,(H,85,86)(H,87,88)/b10-7-,11-8-,12-9-,19-16-,20-17-,21-18-,28-25-,29-26-,30-27-,35-33-,37-34-,40-38-,45-43-,47-44-,49-46-,54-51-,58-55-. The Bertz CT molecular complexity index is 2590. The van der Waals surface area contributed by atoms with Crippen molar-refractivity contribution in [2.75, 3.05) is 39.6 Å². The van der Waals surface area contributed by atoms with E-state index in [1.807, 2.05) is 12.2 Å². The van der Waals surface area contributed by atoms with Crippen molar-refractivity contribution in [1.82, 2.24) is 0 Å². The lowest BCUT2D eigenvalue weighted by atomic mass is 10.1. The molecule has 0 aromatic carbocycles. The minimum absolute atomic E-state index is 0.00575. The molecule has 5 unspecified atom stereocenters. The number of phosphoric acid groups is 2. The topological polar surface area (TPSA) is 231 Å². The van der Waals surface area contributed by atoms with Gasteiger partial charge >= 0.3 is 33.6 Å². The zero-order valence-electron chi connectivity index (χ0n) is 58.9. The predicted molar refractivity (Wildman–Crippen MR) is 398 cm³/mol. The van der Waals surface area contributed by atoms with Gasteiger partial charge in [0.2, 0.25) is 0 Å². The van der Waals surface area contributed by atoms with E-state index in [4.69, 9.17) is 32.3 Å². The number of unbranched alkanes of at least 4 members (excludes halogenated alkanes) is 7. The molecule has 0 heterocycles. The van der Waals surface area contributed by atoms with Crippen molar-refractivity contribution in [1.29, 1.82) is 0 Å². The molecule has 0 radical (unpaired) electrons. The van der Waals surface area contributed by atoms with Crippen LogP contribution in [0.25, 0.3) is 0 Å². The number of carbonyl (C=O) groups is 3. The highest BCUT2D eigenvalue weighted by Gasteiger charge is 2.29. The molecule has 5 atom stereocenters. The van der Waals surface area contributed by atoms with Crippen LogP contribution in [0.4, 0.5) is 0 Å². The molecule has 0 aliphatic carbocycles. The number of allylic oxidation sites excluding steroid dienone is 34. The smallest absolute Gasteiger partial charge is 0.463 e. The number of esters is 3. The molecule has 4 N–H and O–H groups in total. The van der Waals surface area contributed by atoms with E-state index in [-0.39, 0.29) is 19.3 Å². The molecule has 544 valence electrons. The summed E-state index contributed by atoms with van der Waals surface area (Å²) in [5.74, 6) is -1.74. The monoisotopic (exact) mass is 1390 g/mol. The quantitative estimate of drug-likeness (QED) is 0.0146. The molecule has 0 aromatic rings. The minimum atomic E-state index is -4.97. The molecule has 16 nitrogen and oxygen atoms in total. The number of hydrogen-bond acceptors (Lipinski definition) is 14. The second-order valence-electron chi connectivity index (χ2n) is 22.5. The summed E-state index contributed by atoms with van der Waals surface area (Å²) in [4.78, 5) is 58.5. The molecule has 0 fully saturated rings. The average molecular weight is 1390 g/mol. The van der Waals surface area contributed by atoms with Gasteiger partial charge in [0.25, 0.3) is 0 Å². The Labute approximate surface area is 584 Å². The van der Waals surface area contributed by atoms with Gasteiger partial charge in [0.15, 0.2) is 6.10 Å². The first-order valence-corrected chi connectivity index (χ1v) is 38.4. The molecular weight excluding hydrogens is 1270 g/mol. The van der Waals surface area contributed by atoms with E-state index >= 15 is 0 Å². The van der Waals surface area contributed by atoms with Gasteiger partial charge < -0.3 is 34.2 Å². The van der Waals surface area contributed by atoms with E-state index in [1.54, 1.807) is 0 Å². The second-order valence-corrected chi connectivity index (χ2v) is 25.4. The first-order chi connectivity index (χ1) is 47.2. The third-order valence-corrected chi connectivity index (χ3v) is 15.4. The first kappa shape index (κ1) is 91.1. The van der Waals surface area contributed by atoms with Crippen molar-refractivity contribution in [3.63, 3.8) is 0 Å². The van der Waals surface area contributed by atoms with Crippen LogP contribution in [0.5, 0.6) is 0 Å². The number of carbonyl (C=O) groups excluding carboxylic acids is 3. The van der Waals surface area contributed by atoms with Crippen LogP contribution in [0.1, 0.15) is 213 Å². The SMILES string of the molecule is CC/C=C\C/C=C\C/C=C\C/C=C\C/C=C\C/C=C\CCCCCCC(=O)OCC(O)COP(=O)(O)OCC(O)COP(=O)(O)OCC(COC(=O)CCCC/C=C\C/C=C\C/C=C\C/C=C\C/C=C\C/C=C\CC)OC(=O)CCC/C=C\C/C=C\C/C=C\C/C=C\C/C=C\CC. The Morgan fingerprint density at radius 2 is 0.526 bits per heavy atom. The van der Waals surface area contributed by atoms with Crippen molar-refractivity contribution in [3.8, 4) is 0 Å². The van der Waals surface area contributed by atoms with E-state index in [0.717, 1.165) is 148 Å². The molecule has 97 heavy (non-hydrogen) atoms. The summed E-state index contributed by atoms with van der Waals surface area (Å²) in [6.07, 6.45) is 91.7. The van der Waals surface area contributed by atoms with E-state index in [0.29, 0.717) is 25.7 Å². The van der Waals surface area contributed by atoms with Gasteiger partial charge in [0, 0.05) is 19.3 Å². The molecule has 18 heteroatoms. The van der Waals surface area contributed by atoms with Crippen molar-refractivity contribution >= 4 is 33.6 Å². The summed E-state index contributed by atoms with van der Waals surface area (Å²) in [5.41, 5.74) is 0. The molecule has 0 aliphatic heterocycles. The van der Waals surface area contributed by atoms with Gasteiger partial charge in [-0.05, 0) is 161 Å². The summed E-state index contributed by atoms with van der Waals surface area (Å²) in [5, 5.41) is 20.6. The number of phosphoric ester groups is 2. The molecule has 0 saturated heterocycles. The number of hydrogen-bond donors (Lipinski definition) is 4. The molecule has 0 aliphatic rings. The van der Waals surface area contributed by atoms with Crippen LogP contribution in [0.15, 0.2) is 207 Å². The number of rotatable bonds is 64. The largest absolute Gasteiger partial charge is 0.472 e. The van der Waals surface area contributed by atoms with Crippen LogP contribution >= 0.6 is 15.6 Å². The van der Waals surface area contributed by atoms with E-state index in [1.165, 1.54) is 0 Å². The van der Waals surface area contributed by atoms with Crippen molar-refractivity contribution < 1.29 is 75.8 Å². The third kappa shape index (κ3) is 71.2. The van der Waals surface area contributed by atoms with Crippen LogP contribution in [0.3, 0.4) is 0 Å². The number of aliphatic hydroxyl groups is 2. The maximum absolute atomic E-state index is 12.9. The zero-order chi connectivity index (χ0) is 70.9. The Morgan fingerprint density at radius 3 is 0.856 bits per heavy atom. The Kier molecular flexibility index (Phi) is 65.8. The second kappa shape index (κ2) is 70.0. The van der Waals surface area contributed by atoms with Crippen molar-refractivity contribution in [2.24, 2.45) is 0 Å². The molecule has 0 bridgehead atoms. The highest BCUT2D eigenvalue weighted by molar-refractivity contribution is 7.47. The highest BCUT2D eigenvalue weighted by atomic mass is 31.2. The molecule has 0 saturated carbocycles. The van der Waals surface area contributed by atoms with E-state index in [9.17, 15) is 43.5 Å². The first-order valence-electron chi connectivity index (χ1n) is 35.4. The fourth-order valence-corrected chi connectivity index (χ4v) is 9.78. The highest BCUT2D eigenvalue weighted by Crippen LogP contribution is 2.45. The fraction of sp³-hybridized carbons (Fsp3) is 0.532. The van der Waals surface area contributed by atoms with Crippen LogP contribution in [-0.4, -0.2) is 95.9 Å². The fourth-order valence-electron chi connectivity index (χ4n) is 8.20. The minimum Gasteiger partial charge on any atom is -0.463 e. The Morgan fingerprint density at radius 1 is 0.289 bits per heavy atom. The van der Waals surface area contributed by atoms with Gasteiger partial charge in [-0.15, -0.1) is 0 Å². The van der Waals surface area contributed by atoms with Gasteiger partial charge in [-0.3, -0.25) is 32.5 Å². The van der Waals surface area contributed by atoms with Gasteiger partial charge in [-0.25, -0.2) is 9.13 Å². The summed E-state index contributed by atoms with van der Waals surface area (Å²) in [7, 11) is -9.85.